The number of hydrogen-bond donors (Lipinski definition) is 7. The van der Waals surface area contributed by atoms with E-state index in [0.29, 0.717) is 33.6 Å². The second kappa shape index (κ2) is 17.4. The lowest BCUT2D eigenvalue weighted by Gasteiger charge is -2.39. The van der Waals surface area contributed by atoms with Gasteiger partial charge in [0.25, 0.3) is 0 Å². The van der Waals surface area contributed by atoms with Crippen LogP contribution in [0.2, 0.25) is 0 Å². The van der Waals surface area contributed by atoms with Gasteiger partial charge in [-0.3, -0.25) is 9.59 Å². The van der Waals surface area contributed by atoms with Gasteiger partial charge in [-0.15, -0.1) is 0 Å². The molecule has 270 valence electrons. The van der Waals surface area contributed by atoms with Gasteiger partial charge in [0.2, 0.25) is 6.29 Å². The van der Waals surface area contributed by atoms with Gasteiger partial charge in [0, 0.05) is 11.1 Å². The van der Waals surface area contributed by atoms with Crippen LogP contribution < -0.4 is 4.74 Å². The molecule has 1 aliphatic heterocycles. The molecule has 5 atom stereocenters. The highest BCUT2D eigenvalue weighted by atomic mass is 16.7. The van der Waals surface area contributed by atoms with Crippen LogP contribution in [0, 0.1) is 0 Å². The minimum Gasteiger partial charge on any atom is -0.507 e. The van der Waals surface area contributed by atoms with Gasteiger partial charge in [-0.1, -0.05) is 73.5 Å². The fraction of sp³-hybridized carbons (Fsp3) is 0.350. The van der Waals surface area contributed by atoms with Crippen molar-refractivity contribution in [3.63, 3.8) is 0 Å². The fourth-order valence-corrected chi connectivity index (χ4v) is 6.38. The highest BCUT2D eigenvalue weighted by Gasteiger charge is 2.45. The molecule has 0 bridgehead atoms. The second-order valence-electron chi connectivity index (χ2n) is 13.0. The van der Waals surface area contributed by atoms with Gasteiger partial charge in [0.15, 0.2) is 0 Å². The molecule has 1 aliphatic rings. The maximum absolute atomic E-state index is 11.4. The Morgan fingerprint density at radius 2 is 1.18 bits per heavy atom. The Balaban J connectivity index is 1.23. The third-order valence-corrected chi connectivity index (χ3v) is 9.06. The summed E-state index contributed by atoms with van der Waals surface area (Å²) in [5, 5.41) is 69.6. The number of aromatic hydroxyl groups is 1. The lowest BCUT2D eigenvalue weighted by Crippen LogP contribution is -2.60. The first-order chi connectivity index (χ1) is 24.5. The Morgan fingerprint density at radius 3 is 1.75 bits per heavy atom. The number of aliphatic carboxylic acids is 2. The van der Waals surface area contributed by atoms with E-state index in [2.05, 4.69) is 0 Å². The number of phenolic OH excluding ortho intramolecular Hbond substituents is 1. The molecule has 4 aromatic carbocycles. The molecule has 0 amide bonds. The summed E-state index contributed by atoms with van der Waals surface area (Å²) in [4.78, 5) is 22.5. The van der Waals surface area contributed by atoms with Gasteiger partial charge in [0.05, 0.1) is 19.4 Å². The van der Waals surface area contributed by atoms with Crippen molar-refractivity contribution < 1.29 is 54.8 Å². The van der Waals surface area contributed by atoms with Gasteiger partial charge in [-0.2, -0.15) is 0 Å². The zero-order chi connectivity index (χ0) is 36.5. The smallest absolute Gasteiger partial charge is 0.307 e. The number of phenols is 1. The van der Waals surface area contributed by atoms with Crippen LogP contribution in [0.1, 0.15) is 47.9 Å². The summed E-state index contributed by atoms with van der Waals surface area (Å²) in [6.45, 7) is -0.589. The average Bonchev–Trinajstić information content (AvgIpc) is 3.10. The molecule has 0 spiro atoms. The van der Waals surface area contributed by atoms with Crippen LogP contribution >= 0.6 is 0 Å². The normalized spacial score (nSPS) is 20.2. The van der Waals surface area contributed by atoms with Gasteiger partial charge >= 0.3 is 11.9 Å². The number of rotatable bonds is 16. The number of aliphatic hydroxyl groups is 4. The molecule has 11 heteroatoms. The van der Waals surface area contributed by atoms with E-state index >= 15 is 0 Å². The Hall–Kier alpha value is -4.78. The van der Waals surface area contributed by atoms with E-state index in [1.807, 2.05) is 36.4 Å². The van der Waals surface area contributed by atoms with Crippen molar-refractivity contribution in [3.05, 3.63) is 107 Å². The van der Waals surface area contributed by atoms with Crippen LogP contribution in [0.25, 0.3) is 22.3 Å². The van der Waals surface area contributed by atoms with Gasteiger partial charge in [0.1, 0.15) is 35.9 Å². The predicted molar refractivity (Wildman–Crippen MR) is 188 cm³/mol. The van der Waals surface area contributed by atoms with E-state index in [-0.39, 0.29) is 18.6 Å². The van der Waals surface area contributed by atoms with Crippen molar-refractivity contribution in [2.45, 2.75) is 82.1 Å². The number of benzene rings is 4. The number of aryl methyl sites for hydroxylation is 2. The maximum atomic E-state index is 11.4. The molecule has 7 N–H and O–H groups in total. The third kappa shape index (κ3) is 9.93. The molecule has 1 heterocycles. The Morgan fingerprint density at radius 1 is 0.627 bits per heavy atom. The van der Waals surface area contributed by atoms with Crippen LogP contribution in [0.15, 0.2) is 84.9 Å². The minimum atomic E-state index is -1.60. The molecule has 1 saturated heterocycles. The van der Waals surface area contributed by atoms with Crippen molar-refractivity contribution >= 4 is 11.9 Å². The zero-order valence-electron chi connectivity index (χ0n) is 28.1. The summed E-state index contributed by atoms with van der Waals surface area (Å²) in [6, 6.07) is 25.4. The van der Waals surface area contributed by atoms with Gasteiger partial charge in [-0.05, 0) is 83.3 Å². The van der Waals surface area contributed by atoms with Crippen molar-refractivity contribution in [2.75, 3.05) is 6.61 Å². The van der Waals surface area contributed by atoms with Crippen molar-refractivity contribution in [3.8, 4) is 33.8 Å². The van der Waals surface area contributed by atoms with E-state index in [1.165, 1.54) is 0 Å². The van der Waals surface area contributed by atoms with Crippen molar-refractivity contribution in [1.82, 2.24) is 0 Å². The summed E-state index contributed by atoms with van der Waals surface area (Å²) in [5.41, 5.74) is 6.12. The average molecular weight is 701 g/mol. The van der Waals surface area contributed by atoms with Crippen molar-refractivity contribution in [2.24, 2.45) is 0 Å². The summed E-state index contributed by atoms with van der Waals surface area (Å²) < 4.78 is 11.6. The number of carbonyl (C=O) groups is 2. The van der Waals surface area contributed by atoms with Crippen LogP contribution in [0.5, 0.6) is 11.5 Å². The lowest BCUT2D eigenvalue weighted by molar-refractivity contribution is -0.277. The Bertz CT molecular complexity index is 1800. The van der Waals surface area contributed by atoms with Crippen LogP contribution in [-0.2, 0) is 40.0 Å². The lowest BCUT2D eigenvalue weighted by atomic mass is 9.96. The van der Waals surface area contributed by atoms with Crippen LogP contribution in [-0.4, -0.2) is 85.0 Å². The standard InChI is InChI=1S/C40H44O11/c41-23-34-37(47)38(48)39(49)40(51-34)50-33-16-14-25(20-31(33)29-12-6-10-27(18-29)22-36(45)46)8-4-2-1-3-7-24-13-15-32(42)30(19-24)28-11-5-9-26(17-28)21-35(43)44/h5-6,9-20,34,37-42,47-49H,1-4,7-8,21-23H2,(H,43,44)(H,45,46)/t34-,37-,38+,39+,40+/m1/s1. The SMILES string of the molecule is O=C(O)Cc1cccc(-c2cc(CCCCCCc3ccc(O[C@H]4O[C@H](CO)[C@@H](O)[C@H](O)[C@@H]4O)c(-c4cccc(CC(=O)O)c4)c3)ccc2O)c1. The molecule has 0 aromatic heterocycles. The number of unbranched alkanes of at least 4 members (excludes halogenated alkanes) is 3. The number of hydrogen-bond acceptors (Lipinski definition) is 9. The first-order valence-electron chi connectivity index (χ1n) is 17.1. The van der Waals surface area contributed by atoms with Crippen LogP contribution in [0.3, 0.4) is 0 Å². The molecule has 5 rings (SSSR count). The summed E-state index contributed by atoms with van der Waals surface area (Å²) >= 11 is 0. The largest absolute Gasteiger partial charge is 0.507 e. The molecule has 11 nitrogen and oxygen atoms in total. The van der Waals surface area contributed by atoms with E-state index in [1.54, 1.807) is 48.5 Å². The molecule has 4 aromatic rings. The number of carboxylic acid groups (broad SMARTS) is 2. The highest BCUT2D eigenvalue weighted by molar-refractivity contribution is 5.76. The number of ether oxygens (including phenoxy) is 2. The van der Waals surface area contributed by atoms with Gasteiger partial charge < -0.3 is 45.2 Å². The molecule has 1 fully saturated rings. The Labute approximate surface area is 296 Å². The molecule has 0 aliphatic carbocycles. The van der Waals surface area contributed by atoms with E-state index in [0.717, 1.165) is 55.2 Å². The predicted octanol–water partition coefficient (Wildman–Crippen LogP) is 4.50. The second-order valence-corrected chi connectivity index (χ2v) is 13.0. The van der Waals surface area contributed by atoms with Gasteiger partial charge in [-0.25, -0.2) is 0 Å². The molecule has 0 saturated carbocycles. The molecule has 0 unspecified atom stereocenters. The van der Waals surface area contributed by atoms with E-state index in [9.17, 15) is 40.2 Å². The van der Waals surface area contributed by atoms with E-state index < -0.39 is 49.3 Å². The Kier molecular flexibility index (Phi) is 12.8. The highest BCUT2D eigenvalue weighted by Crippen LogP contribution is 2.35. The molecular weight excluding hydrogens is 656 g/mol. The summed E-state index contributed by atoms with van der Waals surface area (Å²) in [6.07, 6.45) is -2.09. The molecular formula is C40H44O11. The van der Waals surface area contributed by atoms with Crippen LogP contribution in [0.4, 0.5) is 0 Å². The molecule has 0 radical (unpaired) electrons. The monoisotopic (exact) mass is 700 g/mol. The van der Waals surface area contributed by atoms with E-state index in [4.69, 9.17) is 14.6 Å². The summed E-state index contributed by atoms with van der Waals surface area (Å²) in [5.74, 6) is -1.42. The number of carboxylic acids is 2. The quantitative estimate of drug-likeness (QED) is 0.0814. The number of aliphatic hydroxyl groups excluding tert-OH is 4. The minimum absolute atomic E-state index is 0.0876. The van der Waals surface area contributed by atoms with Crippen molar-refractivity contribution in [1.29, 1.82) is 0 Å². The zero-order valence-corrected chi connectivity index (χ0v) is 28.1. The molecule has 51 heavy (non-hydrogen) atoms. The summed E-state index contributed by atoms with van der Waals surface area (Å²) in [7, 11) is 0. The maximum Gasteiger partial charge on any atom is 0.307 e. The third-order valence-electron chi connectivity index (χ3n) is 9.06. The first-order valence-corrected chi connectivity index (χ1v) is 17.1. The topological polar surface area (TPSA) is 194 Å². The first kappa shape index (κ1) is 37.5. The fourth-order valence-electron chi connectivity index (χ4n) is 6.38.